The number of carbonyl (C=O) groups excluding carboxylic acids is 3. The number of nitrogens with zero attached hydrogens (tertiary/aromatic N) is 4. The first kappa shape index (κ1) is 18.6. The van der Waals surface area contributed by atoms with Gasteiger partial charge in [-0.3, -0.25) is 19.4 Å². The van der Waals surface area contributed by atoms with Crippen LogP contribution in [0.25, 0.3) is 0 Å². The van der Waals surface area contributed by atoms with E-state index in [2.05, 4.69) is 15.7 Å². The van der Waals surface area contributed by atoms with Crippen LogP contribution in [0, 0.1) is 0 Å². The molecular weight excluding hydrogens is 374 g/mol. The fourth-order valence-electron chi connectivity index (χ4n) is 3.33. The zero-order valence-corrected chi connectivity index (χ0v) is 15.7. The molecule has 9 heteroatoms. The minimum Gasteiger partial charge on any atom is -0.494 e. The topological polar surface area (TPSA) is 104 Å². The SMILES string of the molecule is CCOc1ccc(NC(=O)CN2N=N[C@@H]3C(=O)N(c4ccccc4)C(=O)[C@H]32)cc1. The lowest BCUT2D eigenvalue weighted by Crippen LogP contribution is -2.43. The third-order valence-electron chi connectivity index (χ3n) is 4.63. The highest BCUT2D eigenvalue weighted by Gasteiger charge is 2.55. The van der Waals surface area contributed by atoms with Gasteiger partial charge in [-0.2, -0.15) is 5.11 Å². The molecule has 3 amide bonds. The summed E-state index contributed by atoms with van der Waals surface area (Å²) in [7, 11) is 0. The molecular formula is C20H19N5O4. The molecule has 0 spiro atoms. The molecule has 2 aliphatic heterocycles. The van der Waals surface area contributed by atoms with Crippen LogP contribution >= 0.6 is 0 Å². The fourth-order valence-corrected chi connectivity index (χ4v) is 3.33. The highest BCUT2D eigenvalue weighted by atomic mass is 16.5. The fraction of sp³-hybridized carbons (Fsp3) is 0.250. The molecule has 29 heavy (non-hydrogen) atoms. The average Bonchev–Trinajstić information content (AvgIpc) is 3.24. The largest absolute Gasteiger partial charge is 0.494 e. The van der Waals surface area contributed by atoms with Gasteiger partial charge in [-0.05, 0) is 43.3 Å². The zero-order valence-electron chi connectivity index (χ0n) is 15.7. The summed E-state index contributed by atoms with van der Waals surface area (Å²) in [6.07, 6.45) is 0. The predicted octanol–water partition coefficient (Wildman–Crippen LogP) is 2.02. The number of hydrogen-bond acceptors (Lipinski definition) is 7. The molecule has 2 aromatic carbocycles. The molecule has 0 aliphatic carbocycles. The van der Waals surface area contributed by atoms with Crippen molar-refractivity contribution in [2.45, 2.75) is 19.0 Å². The van der Waals surface area contributed by atoms with Crippen molar-refractivity contribution in [1.82, 2.24) is 5.01 Å². The van der Waals surface area contributed by atoms with Gasteiger partial charge < -0.3 is 10.1 Å². The van der Waals surface area contributed by atoms with E-state index >= 15 is 0 Å². The van der Waals surface area contributed by atoms with Crippen LogP contribution in [0.1, 0.15) is 6.92 Å². The van der Waals surface area contributed by atoms with Crippen LogP contribution in [-0.2, 0) is 14.4 Å². The van der Waals surface area contributed by atoms with Gasteiger partial charge in [0.1, 0.15) is 12.3 Å². The van der Waals surface area contributed by atoms with Crippen molar-refractivity contribution in [3.05, 3.63) is 54.6 Å². The van der Waals surface area contributed by atoms with Crippen molar-refractivity contribution in [3.63, 3.8) is 0 Å². The second-order valence-corrected chi connectivity index (χ2v) is 6.55. The summed E-state index contributed by atoms with van der Waals surface area (Å²) in [6, 6.07) is 13.7. The summed E-state index contributed by atoms with van der Waals surface area (Å²) >= 11 is 0. The number of rotatable bonds is 6. The van der Waals surface area contributed by atoms with E-state index in [1.165, 1.54) is 5.01 Å². The molecule has 0 unspecified atom stereocenters. The van der Waals surface area contributed by atoms with Crippen molar-refractivity contribution in [3.8, 4) is 5.75 Å². The first-order chi connectivity index (χ1) is 14.1. The summed E-state index contributed by atoms with van der Waals surface area (Å²) in [5.74, 6) is -0.542. The lowest BCUT2D eigenvalue weighted by atomic mass is 10.1. The van der Waals surface area contributed by atoms with E-state index in [1.807, 2.05) is 6.92 Å². The summed E-state index contributed by atoms with van der Waals surface area (Å²) in [5.41, 5.74) is 1.07. The van der Waals surface area contributed by atoms with Crippen LogP contribution in [0.3, 0.4) is 0 Å². The number of benzene rings is 2. The molecule has 148 valence electrons. The second-order valence-electron chi connectivity index (χ2n) is 6.55. The van der Waals surface area contributed by atoms with Crippen LogP contribution in [-0.4, -0.2) is 48.0 Å². The van der Waals surface area contributed by atoms with Crippen molar-refractivity contribution in [1.29, 1.82) is 0 Å². The lowest BCUT2D eigenvalue weighted by molar-refractivity contribution is -0.123. The van der Waals surface area contributed by atoms with E-state index in [1.54, 1.807) is 54.6 Å². The molecule has 9 nitrogen and oxygen atoms in total. The average molecular weight is 393 g/mol. The molecule has 2 heterocycles. The number of amides is 3. The molecule has 4 rings (SSSR count). The van der Waals surface area contributed by atoms with Gasteiger partial charge in [0.05, 0.1) is 12.3 Å². The van der Waals surface area contributed by atoms with Crippen molar-refractivity contribution in [2.24, 2.45) is 10.3 Å². The van der Waals surface area contributed by atoms with E-state index in [0.717, 1.165) is 4.90 Å². The number of fused-ring (bicyclic) bond motifs is 1. The Labute approximate surface area is 166 Å². The van der Waals surface area contributed by atoms with Gasteiger partial charge in [0.25, 0.3) is 11.8 Å². The van der Waals surface area contributed by atoms with Crippen LogP contribution in [0.5, 0.6) is 5.75 Å². The number of ether oxygens (including phenoxy) is 1. The molecule has 1 saturated heterocycles. The van der Waals surface area contributed by atoms with Gasteiger partial charge in [-0.15, -0.1) is 0 Å². The minimum atomic E-state index is -0.930. The van der Waals surface area contributed by atoms with Gasteiger partial charge in [-0.25, -0.2) is 4.90 Å². The number of imide groups is 1. The third-order valence-corrected chi connectivity index (χ3v) is 4.63. The highest BCUT2D eigenvalue weighted by molar-refractivity contribution is 6.25. The van der Waals surface area contributed by atoms with Gasteiger partial charge >= 0.3 is 0 Å². The first-order valence-corrected chi connectivity index (χ1v) is 9.21. The van der Waals surface area contributed by atoms with Crippen molar-refractivity contribution >= 4 is 29.1 Å². The molecule has 2 atom stereocenters. The Balaban J connectivity index is 1.42. The van der Waals surface area contributed by atoms with Crippen LogP contribution in [0.2, 0.25) is 0 Å². The van der Waals surface area contributed by atoms with E-state index < -0.39 is 23.9 Å². The Hall–Kier alpha value is -3.75. The predicted molar refractivity (Wildman–Crippen MR) is 104 cm³/mol. The zero-order chi connectivity index (χ0) is 20.4. The number of hydrogen-bond donors (Lipinski definition) is 1. The standard InChI is InChI=1S/C20H19N5O4/c1-2-29-15-10-8-13(9-11-15)21-16(26)12-24-18-17(22-23-24)19(27)25(20(18)28)14-6-4-3-5-7-14/h3-11,17-18H,2,12H2,1H3,(H,21,26)/t17-,18-/m0/s1. The quantitative estimate of drug-likeness (QED) is 0.756. The van der Waals surface area contributed by atoms with Crippen LogP contribution in [0.15, 0.2) is 64.9 Å². The van der Waals surface area contributed by atoms with E-state index in [4.69, 9.17) is 4.74 Å². The molecule has 2 aromatic rings. The summed E-state index contributed by atoms with van der Waals surface area (Å²) in [4.78, 5) is 39.0. The Morgan fingerprint density at radius 3 is 2.48 bits per heavy atom. The minimum absolute atomic E-state index is 0.195. The van der Waals surface area contributed by atoms with Crippen LogP contribution in [0.4, 0.5) is 11.4 Å². The lowest BCUT2D eigenvalue weighted by Gasteiger charge is -2.20. The maximum Gasteiger partial charge on any atom is 0.263 e. The summed E-state index contributed by atoms with van der Waals surface area (Å²) < 4.78 is 5.37. The smallest absolute Gasteiger partial charge is 0.263 e. The maximum absolute atomic E-state index is 12.8. The molecule has 2 aliphatic rings. The Bertz CT molecular complexity index is 961. The Kier molecular flexibility index (Phi) is 4.94. The molecule has 1 fully saturated rings. The number of anilines is 2. The van der Waals surface area contributed by atoms with E-state index in [0.29, 0.717) is 23.7 Å². The number of nitrogens with one attached hydrogen (secondary N) is 1. The normalized spacial score (nSPS) is 20.2. The molecule has 0 saturated carbocycles. The van der Waals surface area contributed by atoms with Gasteiger partial charge in [-0.1, -0.05) is 23.4 Å². The Morgan fingerprint density at radius 1 is 1.07 bits per heavy atom. The molecule has 0 radical (unpaired) electrons. The van der Waals surface area contributed by atoms with Gasteiger partial charge in [0, 0.05) is 5.69 Å². The summed E-state index contributed by atoms with van der Waals surface area (Å²) in [6.45, 7) is 2.25. The maximum atomic E-state index is 12.8. The van der Waals surface area contributed by atoms with Crippen molar-refractivity contribution < 1.29 is 19.1 Å². The summed E-state index contributed by atoms with van der Waals surface area (Å²) in [5, 5.41) is 11.8. The monoisotopic (exact) mass is 393 g/mol. The Morgan fingerprint density at radius 2 is 1.79 bits per heavy atom. The van der Waals surface area contributed by atoms with E-state index in [-0.39, 0.29) is 12.5 Å². The number of para-hydroxylation sites is 1. The molecule has 1 N–H and O–H groups in total. The first-order valence-electron chi connectivity index (χ1n) is 9.21. The molecule has 0 bridgehead atoms. The van der Waals surface area contributed by atoms with Crippen LogP contribution < -0.4 is 15.0 Å². The molecule has 0 aromatic heterocycles. The third kappa shape index (κ3) is 3.54. The number of carbonyl (C=O) groups is 3. The van der Waals surface area contributed by atoms with Gasteiger partial charge in [0.15, 0.2) is 12.1 Å². The second kappa shape index (κ2) is 7.70. The highest BCUT2D eigenvalue weighted by Crippen LogP contribution is 2.31. The van der Waals surface area contributed by atoms with Crippen molar-refractivity contribution in [2.75, 3.05) is 23.4 Å². The van der Waals surface area contributed by atoms with E-state index in [9.17, 15) is 14.4 Å². The van der Waals surface area contributed by atoms with Gasteiger partial charge in [0.2, 0.25) is 5.91 Å².